The smallest absolute Gasteiger partial charge is 0.257 e. The second-order valence-electron chi connectivity index (χ2n) is 9.44. The molecule has 0 radical (unpaired) electrons. The van der Waals surface area contributed by atoms with Gasteiger partial charge >= 0.3 is 0 Å². The number of amides is 1. The molecule has 8 nitrogen and oxygen atoms in total. The molecule has 6 rings (SSSR count). The molecule has 0 unspecified atom stereocenters. The van der Waals surface area contributed by atoms with Crippen molar-refractivity contribution in [1.82, 2.24) is 20.2 Å². The maximum Gasteiger partial charge on any atom is 0.257 e. The Bertz CT molecular complexity index is 1650. The van der Waals surface area contributed by atoms with E-state index in [-0.39, 0.29) is 5.91 Å². The number of benzene rings is 3. The largest absolute Gasteiger partial charge is 0.356 e. The lowest BCUT2D eigenvalue weighted by Gasteiger charge is -2.32. The monoisotopic (exact) mass is 567 g/mol. The summed E-state index contributed by atoms with van der Waals surface area (Å²) in [7, 11) is 0. The van der Waals surface area contributed by atoms with Crippen LogP contribution >= 0.6 is 23.4 Å². The van der Waals surface area contributed by atoms with Gasteiger partial charge in [0.1, 0.15) is 11.6 Å². The lowest BCUT2D eigenvalue weighted by atomic mass is 10.0. The third-order valence-electron chi connectivity index (χ3n) is 6.48. The SMILES string of the molecule is Cc1cc(Nc2cc(N3CCC3)nc(Sc3ccc(NC(=O)c4ccc(-c5ccccc5)cc4Cl)cc3)n2)n[nH]1. The summed E-state index contributed by atoms with van der Waals surface area (Å²) in [5, 5.41) is 14.4. The third kappa shape index (κ3) is 5.95. The van der Waals surface area contributed by atoms with E-state index in [1.165, 1.54) is 11.8 Å². The number of aromatic amines is 1. The molecular weight excluding hydrogens is 542 g/mol. The van der Waals surface area contributed by atoms with Gasteiger partial charge in [0.25, 0.3) is 5.91 Å². The fourth-order valence-corrected chi connectivity index (χ4v) is 5.30. The Morgan fingerprint density at radius 1 is 0.925 bits per heavy atom. The van der Waals surface area contributed by atoms with Gasteiger partial charge in [-0.05, 0) is 72.6 Å². The molecule has 1 saturated heterocycles. The Hall–Kier alpha value is -4.34. The fraction of sp³-hybridized carbons (Fsp3) is 0.133. The minimum Gasteiger partial charge on any atom is -0.356 e. The summed E-state index contributed by atoms with van der Waals surface area (Å²) in [6.45, 7) is 3.91. The number of H-pyrrole nitrogens is 1. The molecule has 0 aliphatic carbocycles. The van der Waals surface area contributed by atoms with Crippen LogP contribution in [0.2, 0.25) is 5.02 Å². The molecule has 3 heterocycles. The van der Waals surface area contributed by atoms with Crippen molar-refractivity contribution in [2.45, 2.75) is 23.4 Å². The van der Waals surface area contributed by atoms with Crippen LogP contribution in [0, 0.1) is 6.92 Å². The maximum atomic E-state index is 12.9. The molecule has 1 fully saturated rings. The number of carbonyl (C=O) groups excluding carboxylic acids is 1. The highest BCUT2D eigenvalue weighted by atomic mass is 35.5. The number of nitrogens with one attached hydrogen (secondary N) is 3. The summed E-state index contributed by atoms with van der Waals surface area (Å²) in [4.78, 5) is 25.6. The molecule has 0 spiro atoms. The number of halogens is 1. The van der Waals surface area contributed by atoms with Crippen molar-refractivity contribution >= 4 is 52.4 Å². The van der Waals surface area contributed by atoms with Crippen LogP contribution in [0.1, 0.15) is 22.5 Å². The van der Waals surface area contributed by atoms with Crippen LogP contribution in [0.15, 0.2) is 95.0 Å². The normalized spacial score (nSPS) is 12.6. The molecule has 0 atom stereocenters. The zero-order valence-electron chi connectivity index (χ0n) is 21.7. The molecule has 1 amide bonds. The zero-order chi connectivity index (χ0) is 27.5. The molecule has 2 aromatic heterocycles. The van der Waals surface area contributed by atoms with Crippen molar-refractivity contribution in [2.24, 2.45) is 0 Å². The highest BCUT2D eigenvalue weighted by molar-refractivity contribution is 7.99. The first-order chi connectivity index (χ1) is 19.5. The number of aryl methyl sites for hydroxylation is 1. The molecule has 0 bridgehead atoms. The first-order valence-corrected chi connectivity index (χ1v) is 14.1. The van der Waals surface area contributed by atoms with Crippen LogP contribution in [-0.2, 0) is 0 Å². The Kier molecular flexibility index (Phi) is 7.39. The number of rotatable bonds is 8. The first-order valence-electron chi connectivity index (χ1n) is 12.9. The molecule has 3 N–H and O–H groups in total. The fourth-order valence-electron chi connectivity index (χ4n) is 4.26. The highest BCUT2D eigenvalue weighted by Gasteiger charge is 2.19. The van der Waals surface area contributed by atoms with Gasteiger partial charge in [-0.15, -0.1) is 0 Å². The van der Waals surface area contributed by atoms with Crippen molar-refractivity contribution in [1.29, 1.82) is 0 Å². The lowest BCUT2D eigenvalue weighted by Crippen LogP contribution is -2.37. The van der Waals surface area contributed by atoms with Gasteiger partial charge in [-0.2, -0.15) is 5.10 Å². The van der Waals surface area contributed by atoms with Gasteiger partial charge in [-0.25, -0.2) is 9.97 Å². The van der Waals surface area contributed by atoms with E-state index in [4.69, 9.17) is 21.6 Å². The van der Waals surface area contributed by atoms with E-state index in [1.54, 1.807) is 6.07 Å². The molecule has 1 aliphatic heterocycles. The summed E-state index contributed by atoms with van der Waals surface area (Å²) in [5.41, 5.74) is 4.06. The minimum absolute atomic E-state index is 0.264. The number of anilines is 4. The predicted octanol–water partition coefficient (Wildman–Crippen LogP) is 7.19. The highest BCUT2D eigenvalue weighted by Crippen LogP contribution is 2.31. The number of aromatic nitrogens is 4. The summed E-state index contributed by atoms with van der Waals surface area (Å²) in [5.74, 6) is 2.01. The Balaban J connectivity index is 1.14. The molecule has 200 valence electrons. The summed E-state index contributed by atoms with van der Waals surface area (Å²) in [6, 6.07) is 26.9. The maximum absolute atomic E-state index is 12.9. The van der Waals surface area contributed by atoms with Gasteiger partial charge in [-0.1, -0.05) is 48.0 Å². The standard InChI is InChI=1S/C30H26ClN7OS/c1-19-16-27(37-36-19)33-26-18-28(38-14-5-15-38)35-30(34-26)40-23-11-9-22(10-12-23)32-29(39)24-13-8-21(17-25(24)31)20-6-3-2-4-7-20/h2-4,6-13,16-18H,5,14-15H2,1H3,(H,32,39)(H2,33,34,35,36,37). The van der Waals surface area contributed by atoms with E-state index in [2.05, 4.69) is 25.7 Å². The summed E-state index contributed by atoms with van der Waals surface area (Å²) in [6.07, 6.45) is 1.16. The van der Waals surface area contributed by atoms with Gasteiger partial charge in [0, 0.05) is 41.5 Å². The average molecular weight is 568 g/mol. The third-order valence-corrected chi connectivity index (χ3v) is 7.66. The first kappa shape index (κ1) is 25.9. The van der Waals surface area contributed by atoms with E-state index < -0.39 is 0 Å². The van der Waals surface area contributed by atoms with Crippen LogP contribution in [0.5, 0.6) is 0 Å². The number of carbonyl (C=O) groups is 1. The lowest BCUT2D eigenvalue weighted by molar-refractivity contribution is 0.102. The van der Waals surface area contributed by atoms with Crippen LogP contribution in [0.25, 0.3) is 11.1 Å². The van der Waals surface area contributed by atoms with Gasteiger partial charge < -0.3 is 15.5 Å². The van der Waals surface area contributed by atoms with E-state index in [1.807, 2.05) is 85.8 Å². The van der Waals surface area contributed by atoms with Crippen molar-refractivity contribution in [3.63, 3.8) is 0 Å². The molecule has 40 heavy (non-hydrogen) atoms. The average Bonchev–Trinajstić information content (AvgIpc) is 3.33. The minimum atomic E-state index is -0.264. The summed E-state index contributed by atoms with van der Waals surface area (Å²) < 4.78 is 0. The van der Waals surface area contributed by atoms with E-state index in [0.29, 0.717) is 33.1 Å². The predicted molar refractivity (Wildman–Crippen MR) is 161 cm³/mol. The van der Waals surface area contributed by atoms with Gasteiger partial charge in [0.05, 0.1) is 10.6 Å². The van der Waals surface area contributed by atoms with Crippen LogP contribution in [-0.4, -0.2) is 39.2 Å². The number of hydrogen-bond donors (Lipinski definition) is 3. The van der Waals surface area contributed by atoms with Gasteiger partial charge in [-0.3, -0.25) is 9.89 Å². The molecule has 1 aliphatic rings. The number of hydrogen-bond acceptors (Lipinski definition) is 7. The van der Waals surface area contributed by atoms with Crippen LogP contribution < -0.4 is 15.5 Å². The van der Waals surface area contributed by atoms with Crippen molar-refractivity contribution in [3.8, 4) is 11.1 Å². The van der Waals surface area contributed by atoms with Crippen molar-refractivity contribution in [3.05, 3.63) is 101 Å². The van der Waals surface area contributed by atoms with Crippen LogP contribution in [0.3, 0.4) is 0 Å². The molecule has 5 aromatic rings. The van der Waals surface area contributed by atoms with Crippen LogP contribution in [0.4, 0.5) is 23.1 Å². The number of nitrogens with zero attached hydrogens (tertiary/aromatic N) is 4. The summed E-state index contributed by atoms with van der Waals surface area (Å²) >= 11 is 7.94. The van der Waals surface area contributed by atoms with E-state index >= 15 is 0 Å². The van der Waals surface area contributed by atoms with Gasteiger partial charge in [0.2, 0.25) is 0 Å². The van der Waals surface area contributed by atoms with Crippen molar-refractivity contribution < 1.29 is 4.79 Å². The molecular formula is C30H26ClN7OS. The second kappa shape index (κ2) is 11.4. The Morgan fingerprint density at radius 3 is 2.40 bits per heavy atom. The topological polar surface area (TPSA) is 98.8 Å². The van der Waals surface area contributed by atoms with E-state index in [0.717, 1.165) is 47.0 Å². The quantitative estimate of drug-likeness (QED) is 0.171. The van der Waals surface area contributed by atoms with Crippen molar-refractivity contribution in [2.75, 3.05) is 28.6 Å². The molecule has 0 saturated carbocycles. The zero-order valence-corrected chi connectivity index (χ0v) is 23.3. The molecule has 3 aromatic carbocycles. The Morgan fingerprint density at radius 2 is 1.73 bits per heavy atom. The van der Waals surface area contributed by atoms with Gasteiger partial charge in [0.15, 0.2) is 11.0 Å². The molecule has 10 heteroatoms. The second-order valence-corrected chi connectivity index (χ2v) is 10.9. The Labute approximate surface area is 241 Å². The van der Waals surface area contributed by atoms with E-state index in [9.17, 15) is 4.79 Å².